The summed E-state index contributed by atoms with van der Waals surface area (Å²) in [5.41, 5.74) is 1.15. The molecule has 0 unspecified atom stereocenters. The number of hydrogen-bond donors (Lipinski definition) is 2. The van der Waals surface area contributed by atoms with Gasteiger partial charge in [-0.25, -0.2) is 0 Å². The van der Waals surface area contributed by atoms with Crippen molar-refractivity contribution in [3.63, 3.8) is 0 Å². The average Bonchev–Trinajstić information content (AvgIpc) is 2.72. The summed E-state index contributed by atoms with van der Waals surface area (Å²) in [5, 5.41) is 0. The average molecular weight is 513 g/mol. The van der Waals surface area contributed by atoms with Gasteiger partial charge in [0.15, 0.2) is 11.5 Å². The lowest BCUT2D eigenvalue weighted by atomic mass is 10.2. The van der Waals surface area contributed by atoms with Gasteiger partial charge in [-0.3, -0.25) is 0 Å². The number of hydrogen-bond acceptors (Lipinski definition) is 8. The summed E-state index contributed by atoms with van der Waals surface area (Å²) in [7, 11) is 0. The van der Waals surface area contributed by atoms with Crippen LogP contribution in [0.1, 0.15) is 18.4 Å². The zero-order valence-corrected chi connectivity index (χ0v) is 22.5. The van der Waals surface area contributed by atoms with Crippen LogP contribution in [0.3, 0.4) is 0 Å². The molecule has 168 valence electrons. The first kappa shape index (κ1) is 28.0. The molecule has 0 saturated heterocycles. The Kier molecular flexibility index (Phi) is 20.1. The normalized spacial score (nSPS) is 11.0. The van der Waals surface area contributed by atoms with Crippen LogP contribution in [0.25, 0.3) is 0 Å². The molecule has 2 nitrogen and oxygen atoms in total. The van der Waals surface area contributed by atoms with E-state index >= 15 is 0 Å². The molecule has 1 rings (SSSR count). The van der Waals surface area contributed by atoms with E-state index in [1.165, 1.54) is 23.0 Å². The Balaban J connectivity index is 2.16. The number of para-hydroxylation sites is 1. The monoisotopic (exact) mass is 512 g/mol. The molecule has 0 bridgehead atoms. The molecule has 0 heterocycles. The number of benzene rings is 1. The van der Waals surface area contributed by atoms with Gasteiger partial charge < -0.3 is 9.47 Å². The molecule has 1 aromatic rings. The molecule has 29 heavy (non-hydrogen) atoms. The van der Waals surface area contributed by atoms with Crippen molar-refractivity contribution >= 4 is 72.3 Å². The van der Waals surface area contributed by atoms with E-state index in [0.29, 0.717) is 0 Å². The fourth-order valence-corrected chi connectivity index (χ4v) is 6.75. The van der Waals surface area contributed by atoms with Crippen LogP contribution in [0.15, 0.2) is 18.2 Å². The summed E-state index contributed by atoms with van der Waals surface area (Å²) in [5.74, 6) is 13.2. The first-order chi connectivity index (χ1) is 14.3. The minimum Gasteiger partial charge on any atom is -0.490 e. The fourth-order valence-electron chi connectivity index (χ4n) is 2.38. The van der Waals surface area contributed by atoms with Crippen LogP contribution in [0.4, 0.5) is 0 Å². The summed E-state index contributed by atoms with van der Waals surface area (Å²) in [6.07, 6.45) is 2.13. The molecular formula is C21H36O2S6. The van der Waals surface area contributed by atoms with Crippen LogP contribution in [-0.2, 0) is 0 Å². The smallest absolute Gasteiger partial charge is 0.164 e. The van der Waals surface area contributed by atoms with E-state index in [2.05, 4.69) is 38.2 Å². The maximum atomic E-state index is 6.08. The Morgan fingerprint density at radius 1 is 0.690 bits per heavy atom. The zero-order valence-electron chi connectivity index (χ0n) is 17.5. The van der Waals surface area contributed by atoms with Gasteiger partial charge in [-0.15, -0.1) is 0 Å². The van der Waals surface area contributed by atoms with Crippen molar-refractivity contribution in [1.82, 2.24) is 0 Å². The SMILES string of the molecule is Cc1cccc(OCCCSCCSCCS)c1OCCCSCCSCCS. The van der Waals surface area contributed by atoms with Crippen molar-refractivity contribution in [1.29, 1.82) is 0 Å². The van der Waals surface area contributed by atoms with E-state index in [9.17, 15) is 0 Å². The van der Waals surface area contributed by atoms with Crippen molar-refractivity contribution in [3.8, 4) is 11.5 Å². The molecule has 0 radical (unpaired) electrons. The molecule has 0 fully saturated rings. The van der Waals surface area contributed by atoms with Crippen molar-refractivity contribution in [3.05, 3.63) is 23.8 Å². The van der Waals surface area contributed by atoms with Gasteiger partial charge in [0.25, 0.3) is 0 Å². The van der Waals surface area contributed by atoms with Gasteiger partial charge in [-0.2, -0.15) is 72.3 Å². The van der Waals surface area contributed by atoms with Crippen LogP contribution in [0.5, 0.6) is 11.5 Å². The van der Waals surface area contributed by atoms with E-state index < -0.39 is 0 Å². The fraction of sp³-hybridized carbons (Fsp3) is 0.714. The highest BCUT2D eigenvalue weighted by molar-refractivity contribution is 8.03. The number of rotatable bonds is 20. The van der Waals surface area contributed by atoms with Gasteiger partial charge >= 0.3 is 0 Å². The number of ether oxygens (including phenoxy) is 2. The van der Waals surface area contributed by atoms with Crippen molar-refractivity contribution in [2.45, 2.75) is 19.8 Å². The highest BCUT2D eigenvalue weighted by Gasteiger charge is 2.08. The second kappa shape index (κ2) is 20.8. The van der Waals surface area contributed by atoms with E-state index in [1.807, 2.05) is 59.2 Å². The highest BCUT2D eigenvalue weighted by atomic mass is 32.2. The predicted octanol–water partition coefficient (Wildman–Crippen LogP) is 6.33. The largest absolute Gasteiger partial charge is 0.490 e. The third-order valence-electron chi connectivity index (χ3n) is 3.76. The van der Waals surface area contributed by atoms with E-state index in [4.69, 9.17) is 9.47 Å². The van der Waals surface area contributed by atoms with Crippen LogP contribution >= 0.6 is 72.3 Å². The van der Waals surface area contributed by atoms with Crippen LogP contribution in [-0.4, -0.2) is 70.7 Å². The highest BCUT2D eigenvalue weighted by Crippen LogP contribution is 2.31. The maximum absolute atomic E-state index is 6.08. The van der Waals surface area contributed by atoms with Crippen molar-refractivity contribution in [2.75, 3.05) is 70.7 Å². The topological polar surface area (TPSA) is 18.5 Å². The third-order valence-corrected chi connectivity index (χ3v) is 9.44. The molecule has 0 spiro atoms. The Morgan fingerprint density at radius 2 is 1.21 bits per heavy atom. The standard InChI is InChI=1S/C21H36O2S6/c1-19-5-2-6-20(22-7-3-11-26-15-17-28-13-9-24)21(19)23-8-4-12-27-16-18-29-14-10-25/h2,5-6,24-25H,3-4,7-18H2,1H3. The van der Waals surface area contributed by atoms with Crippen LogP contribution in [0.2, 0.25) is 0 Å². The summed E-state index contributed by atoms with van der Waals surface area (Å²) < 4.78 is 12.1. The van der Waals surface area contributed by atoms with Gasteiger partial charge in [-0.05, 0) is 54.4 Å². The van der Waals surface area contributed by atoms with Crippen LogP contribution in [0, 0.1) is 6.92 Å². The van der Waals surface area contributed by atoms with Gasteiger partial charge in [0.1, 0.15) is 0 Å². The maximum Gasteiger partial charge on any atom is 0.164 e. The van der Waals surface area contributed by atoms with Crippen LogP contribution < -0.4 is 9.47 Å². The van der Waals surface area contributed by atoms with Crippen molar-refractivity contribution in [2.24, 2.45) is 0 Å². The first-order valence-corrected chi connectivity index (χ1v) is 16.1. The molecule has 1 aromatic carbocycles. The quantitative estimate of drug-likeness (QED) is 0.156. The molecule has 8 heteroatoms. The number of thioether (sulfide) groups is 4. The molecule has 0 aliphatic heterocycles. The molecule has 0 N–H and O–H groups in total. The van der Waals surface area contributed by atoms with E-state index in [1.54, 1.807) is 0 Å². The Labute approximate surface area is 206 Å². The summed E-state index contributed by atoms with van der Waals surface area (Å²) in [6, 6.07) is 6.16. The Morgan fingerprint density at radius 3 is 1.76 bits per heavy atom. The third kappa shape index (κ3) is 15.4. The van der Waals surface area contributed by atoms with Gasteiger partial charge in [-0.1, -0.05) is 12.1 Å². The second-order valence-corrected chi connectivity index (χ2v) is 12.0. The summed E-state index contributed by atoms with van der Waals surface area (Å²) in [6.45, 7) is 3.59. The predicted molar refractivity (Wildman–Crippen MR) is 148 cm³/mol. The molecule has 0 amide bonds. The molecular weight excluding hydrogens is 477 g/mol. The van der Waals surface area contributed by atoms with E-state index in [-0.39, 0.29) is 0 Å². The first-order valence-electron chi connectivity index (χ1n) is 10.2. The lowest BCUT2D eigenvalue weighted by Crippen LogP contribution is -2.05. The lowest BCUT2D eigenvalue weighted by molar-refractivity contribution is 0.268. The lowest BCUT2D eigenvalue weighted by Gasteiger charge is -2.15. The minimum atomic E-state index is 0.746. The van der Waals surface area contributed by atoms with E-state index in [0.717, 1.165) is 77.6 Å². The Hall–Kier alpha value is 0.920. The van der Waals surface area contributed by atoms with Crippen molar-refractivity contribution < 1.29 is 9.47 Å². The summed E-state index contributed by atoms with van der Waals surface area (Å²) in [4.78, 5) is 0. The number of thiol groups is 2. The molecule has 0 aromatic heterocycles. The van der Waals surface area contributed by atoms with Gasteiger partial charge in [0.05, 0.1) is 13.2 Å². The molecule has 0 aliphatic carbocycles. The zero-order chi connectivity index (χ0) is 21.0. The molecule has 0 aliphatic rings. The number of aryl methyl sites for hydroxylation is 1. The molecule has 0 atom stereocenters. The minimum absolute atomic E-state index is 0.746. The van der Waals surface area contributed by atoms with Gasteiger partial charge in [0.2, 0.25) is 0 Å². The Bertz CT molecular complexity index is 504. The molecule has 0 saturated carbocycles. The summed E-state index contributed by atoms with van der Waals surface area (Å²) >= 11 is 16.5. The second-order valence-electron chi connectivity index (χ2n) is 6.20. The van der Waals surface area contributed by atoms with Gasteiger partial charge in [0, 0.05) is 34.5 Å².